The molecule has 1 heterocycles. The molecule has 1 aromatic heterocycles. The first-order valence-corrected chi connectivity index (χ1v) is 4.51. The second kappa shape index (κ2) is 3.69. The lowest BCUT2D eigenvalue weighted by Gasteiger charge is -1.79. The topological polar surface area (TPSA) is 37.3 Å². The Morgan fingerprint density at radius 3 is 2.91 bits per heavy atom. The molecule has 11 heavy (non-hydrogen) atoms. The molecule has 0 aliphatic heterocycles. The maximum absolute atomic E-state index is 10.1. The lowest BCUT2D eigenvalue weighted by Crippen LogP contribution is -1.84. The number of hydrogen-bond acceptors (Lipinski definition) is 2. The molecule has 0 aliphatic rings. The van der Waals surface area contributed by atoms with Gasteiger partial charge in [-0.2, -0.15) is 0 Å². The second-order valence-corrected chi connectivity index (χ2v) is 4.15. The summed E-state index contributed by atoms with van der Waals surface area (Å²) in [5.74, 6) is -0.924. The van der Waals surface area contributed by atoms with Crippen molar-refractivity contribution < 1.29 is 9.90 Å². The number of aliphatic carboxylic acids is 1. The molecule has 0 spiro atoms. The van der Waals surface area contributed by atoms with Gasteiger partial charge in [0.2, 0.25) is 0 Å². The third-order valence-corrected chi connectivity index (χ3v) is 2.53. The van der Waals surface area contributed by atoms with E-state index in [0.717, 1.165) is 15.4 Å². The zero-order valence-corrected chi connectivity index (χ0v) is 7.85. The van der Waals surface area contributed by atoms with E-state index in [-0.39, 0.29) is 0 Å². The van der Waals surface area contributed by atoms with Crippen molar-refractivity contribution in [3.05, 3.63) is 26.9 Å². The van der Waals surface area contributed by atoms with Crippen LogP contribution in [0.2, 0.25) is 0 Å². The molecule has 1 rings (SSSR count). The van der Waals surface area contributed by atoms with Crippen LogP contribution in [0.1, 0.15) is 5.56 Å². The Balaban J connectivity index is 2.71. The van der Waals surface area contributed by atoms with Crippen molar-refractivity contribution in [2.45, 2.75) is 0 Å². The highest BCUT2D eigenvalue weighted by Crippen LogP contribution is 2.21. The molecule has 0 amide bonds. The first-order chi connectivity index (χ1) is 5.18. The summed E-state index contributed by atoms with van der Waals surface area (Å²) in [5.41, 5.74) is 0.907. The van der Waals surface area contributed by atoms with Crippen molar-refractivity contribution in [3.8, 4) is 0 Å². The first kappa shape index (κ1) is 8.49. The van der Waals surface area contributed by atoms with Crippen molar-refractivity contribution in [1.29, 1.82) is 0 Å². The van der Waals surface area contributed by atoms with E-state index >= 15 is 0 Å². The summed E-state index contributed by atoms with van der Waals surface area (Å²) in [4.78, 5) is 10.1. The largest absolute Gasteiger partial charge is 0.478 e. The van der Waals surface area contributed by atoms with Crippen LogP contribution in [0.5, 0.6) is 0 Å². The van der Waals surface area contributed by atoms with E-state index in [1.54, 1.807) is 6.08 Å². The van der Waals surface area contributed by atoms with Crippen LogP contribution in [-0.2, 0) is 4.79 Å². The minimum atomic E-state index is -0.924. The Hall–Kier alpha value is -0.610. The van der Waals surface area contributed by atoms with Gasteiger partial charge in [-0.3, -0.25) is 0 Å². The summed E-state index contributed by atoms with van der Waals surface area (Å²) in [7, 11) is 0. The molecule has 0 fully saturated rings. The molecular formula is C7H5BrO2S. The van der Waals surface area contributed by atoms with Crippen LogP contribution in [-0.4, -0.2) is 11.1 Å². The number of carboxylic acid groups (broad SMARTS) is 1. The Morgan fingerprint density at radius 1 is 1.73 bits per heavy atom. The summed E-state index contributed by atoms with van der Waals surface area (Å²) in [6.45, 7) is 0. The third kappa shape index (κ3) is 2.86. The fourth-order valence-corrected chi connectivity index (χ4v) is 1.72. The fourth-order valence-electron chi connectivity index (χ4n) is 0.578. The molecule has 1 N–H and O–H groups in total. The Bertz CT molecular complexity index is 290. The van der Waals surface area contributed by atoms with Gasteiger partial charge in [0, 0.05) is 6.08 Å². The zero-order valence-electron chi connectivity index (χ0n) is 5.45. The fraction of sp³-hybridized carbons (Fsp3) is 0. The van der Waals surface area contributed by atoms with E-state index in [1.165, 1.54) is 11.3 Å². The lowest BCUT2D eigenvalue weighted by molar-refractivity contribution is -0.131. The van der Waals surface area contributed by atoms with Gasteiger partial charge in [-0.25, -0.2) is 4.79 Å². The van der Waals surface area contributed by atoms with Gasteiger partial charge < -0.3 is 5.11 Å². The molecule has 0 atom stereocenters. The highest BCUT2D eigenvalue weighted by molar-refractivity contribution is 9.11. The normalized spacial score (nSPS) is 10.6. The maximum atomic E-state index is 10.1. The molecule has 2 nitrogen and oxygen atoms in total. The number of halogens is 1. The van der Waals surface area contributed by atoms with Crippen LogP contribution in [0.15, 0.2) is 21.3 Å². The molecule has 4 heteroatoms. The number of rotatable bonds is 2. The number of carbonyl (C=O) groups is 1. The Morgan fingerprint density at radius 2 is 2.45 bits per heavy atom. The number of hydrogen-bond donors (Lipinski definition) is 1. The average molecular weight is 233 g/mol. The van der Waals surface area contributed by atoms with Crippen LogP contribution in [0, 0.1) is 0 Å². The highest BCUT2D eigenvalue weighted by atomic mass is 79.9. The van der Waals surface area contributed by atoms with E-state index in [4.69, 9.17) is 5.11 Å². The predicted octanol–water partition coefficient (Wildman–Crippen LogP) is 2.61. The van der Waals surface area contributed by atoms with Gasteiger partial charge in [-0.15, -0.1) is 11.3 Å². The van der Waals surface area contributed by atoms with Crippen LogP contribution in [0.25, 0.3) is 6.08 Å². The quantitative estimate of drug-likeness (QED) is 0.797. The van der Waals surface area contributed by atoms with Crippen molar-refractivity contribution in [1.82, 2.24) is 0 Å². The van der Waals surface area contributed by atoms with E-state index in [9.17, 15) is 4.79 Å². The van der Waals surface area contributed by atoms with Gasteiger partial charge in [0.25, 0.3) is 0 Å². The molecule has 0 radical (unpaired) electrons. The van der Waals surface area contributed by atoms with Gasteiger partial charge >= 0.3 is 5.97 Å². The van der Waals surface area contributed by atoms with Gasteiger partial charge in [-0.1, -0.05) is 0 Å². The Labute approximate surface area is 76.3 Å². The minimum absolute atomic E-state index is 0.907. The molecule has 0 saturated heterocycles. The van der Waals surface area contributed by atoms with Crippen LogP contribution < -0.4 is 0 Å². The molecule has 0 saturated carbocycles. The highest BCUT2D eigenvalue weighted by Gasteiger charge is 1.92. The summed E-state index contributed by atoms with van der Waals surface area (Å²) < 4.78 is 1.00. The molecule has 0 aromatic carbocycles. The number of thiophene rings is 1. The van der Waals surface area contributed by atoms with Gasteiger partial charge in [-0.05, 0) is 39.0 Å². The first-order valence-electron chi connectivity index (χ1n) is 2.83. The maximum Gasteiger partial charge on any atom is 0.328 e. The SMILES string of the molecule is O=C(O)C=Cc1csc(Br)c1. The Kier molecular flexibility index (Phi) is 2.84. The molecule has 0 aliphatic carbocycles. The summed E-state index contributed by atoms with van der Waals surface area (Å²) in [5, 5.41) is 10.2. The van der Waals surface area contributed by atoms with Gasteiger partial charge in [0.05, 0.1) is 3.79 Å². The van der Waals surface area contributed by atoms with Crippen LogP contribution in [0.3, 0.4) is 0 Å². The van der Waals surface area contributed by atoms with E-state index in [2.05, 4.69) is 15.9 Å². The van der Waals surface area contributed by atoms with Crippen molar-refractivity contribution in [2.75, 3.05) is 0 Å². The molecule has 58 valence electrons. The van der Waals surface area contributed by atoms with Gasteiger partial charge in [0.15, 0.2) is 0 Å². The van der Waals surface area contributed by atoms with Crippen LogP contribution >= 0.6 is 27.3 Å². The summed E-state index contributed by atoms with van der Waals surface area (Å²) in [6.07, 6.45) is 2.68. The lowest BCUT2D eigenvalue weighted by atomic mass is 10.3. The van der Waals surface area contributed by atoms with Crippen molar-refractivity contribution in [2.24, 2.45) is 0 Å². The molecule has 0 unspecified atom stereocenters. The third-order valence-electron chi connectivity index (χ3n) is 1.01. The zero-order chi connectivity index (χ0) is 8.27. The van der Waals surface area contributed by atoms with Gasteiger partial charge in [0.1, 0.15) is 0 Å². The van der Waals surface area contributed by atoms with Crippen molar-refractivity contribution in [3.63, 3.8) is 0 Å². The summed E-state index contributed by atoms with van der Waals surface area (Å²) in [6, 6.07) is 1.87. The molecule has 1 aromatic rings. The smallest absolute Gasteiger partial charge is 0.328 e. The molecular weight excluding hydrogens is 228 g/mol. The minimum Gasteiger partial charge on any atom is -0.478 e. The monoisotopic (exact) mass is 232 g/mol. The summed E-state index contributed by atoms with van der Waals surface area (Å²) >= 11 is 4.80. The van der Waals surface area contributed by atoms with E-state index < -0.39 is 5.97 Å². The van der Waals surface area contributed by atoms with Crippen molar-refractivity contribution >= 4 is 39.3 Å². The number of carboxylic acids is 1. The van der Waals surface area contributed by atoms with Crippen LogP contribution in [0.4, 0.5) is 0 Å². The van der Waals surface area contributed by atoms with E-state index in [0.29, 0.717) is 0 Å². The van der Waals surface area contributed by atoms with E-state index in [1.807, 2.05) is 11.4 Å². The predicted molar refractivity (Wildman–Crippen MR) is 48.7 cm³/mol. The second-order valence-electron chi connectivity index (χ2n) is 1.86. The standard InChI is InChI=1S/C7H5BrO2S/c8-6-3-5(4-11-6)1-2-7(9)10/h1-4H,(H,9,10). The average Bonchev–Trinajstić information content (AvgIpc) is 2.31. The molecule has 0 bridgehead atoms.